The summed E-state index contributed by atoms with van der Waals surface area (Å²) in [6.07, 6.45) is 4.73. The molecule has 0 bridgehead atoms. The quantitative estimate of drug-likeness (QED) is 0.373. The number of amides is 1. The summed E-state index contributed by atoms with van der Waals surface area (Å²) >= 11 is 0. The minimum absolute atomic E-state index is 0.0504. The number of ether oxygens (including phenoxy) is 3. The molecule has 0 heterocycles. The van der Waals surface area contributed by atoms with Gasteiger partial charge in [0, 0.05) is 19.9 Å². The first-order chi connectivity index (χ1) is 15.5. The van der Waals surface area contributed by atoms with Crippen LogP contribution in [0.4, 0.5) is 5.69 Å². The Kier molecular flexibility index (Phi) is 13.1. The molecule has 2 rings (SSSR count). The van der Waals surface area contributed by atoms with E-state index in [0.717, 1.165) is 22.8 Å². The Hall–Kier alpha value is -2.11. The Morgan fingerprint density at radius 1 is 1.03 bits per heavy atom. The maximum absolute atomic E-state index is 11.8. The lowest BCUT2D eigenvalue weighted by atomic mass is 10.2. The predicted octanol–water partition coefficient (Wildman–Crippen LogP) is 2.83. The van der Waals surface area contributed by atoms with Crippen LogP contribution in [0.1, 0.15) is 12.0 Å². The first kappa shape index (κ1) is 28.9. The molecule has 1 atom stereocenters. The van der Waals surface area contributed by atoms with Crippen LogP contribution in [0.25, 0.3) is 0 Å². The standard InChI is InChI=1S/C16H25NO4S.C7H8O3S/c1-19-11-15(20-2)12-21-14-7-5-13(6-8-14)17-16(18)9-10-22(3)4;1-6-2-4-7(5-3-6)11(8,9)10/h5-8,15H,9-12H2,1-4H3;2-5H,1H3,(H,8,9,10). The van der Waals surface area contributed by atoms with Crippen molar-refractivity contribution in [3.05, 3.63) is 54.1 Å². The highest BCUT2D eigenvalue weighted by Crippen LogP contribution is 2.16. The highest BCUT2D eigenvalue weighted by atomic mass is 32.2. The normalized spacial score (nSPS) is 12.0. The van der Waals surface area contributed by atoms with Crippen molar-refractivity contribution in [2.24, 2.45) is 0 Å². The minimum atomic E-state index is -4.27. The highest BCUT2D eigenvalue weighted by molar-refractivity contribution is 7.95. The predicted molar refractivity (Wildman–Crippen MR) is 131 cm³/mol. The summed E-state index contributed by atoms with van der Waals surface area (Å²) in [6.45, 7) is 2.73. The van der Waals surface area contributed by atoms with Gasteiger partial charge in [-0.15, -0.1) is 0 Å². The second-order valence-electron chi connectivity index (χ2n) is 7.40. The third-order valence-electron chi connectivity index (χ3n) is 4.31. The average molecular weight is 500 g/mol. The minimum Gasteiger partial charge on any atom is -0.744 e. The van der Waals surface area contributed by atoms with Crippen molar-refractivity contribution in [2.75, 3.05) is 51.0 Å². The number of nitrogens with one attached hydrogen (secondary N) is 1. The third kappa shape index (κ3) is 12.6. The van der Waals surface area contributed by atoms with Gasteiger partial charge in [-0.3, -0.25) is 4.79 Å². The molecule has 0 aromatic heterocycles. The van der Waals surface area contributed by atoms with E-state index in [-0.39, 0.29) is 27.8 Å². The van der Waals surface area contributed by atoms with E-state index in [0.29, 0.717) is 19.6 Å². The molecule has 184 valence electrons. The Bertz CT molecular complexity index is 930. The van der Waals surface area contributed by atoms with Gasteiger partial charge >= 0.3 is 0 Å². The number of carbonyl (C=O) groups is 1. The molecule has 0 aliphatic heterocycles. The van der Waals surface area contributed by atoms with Crippen molar-refractivity contribution >= 4 is 32.6 Å². The van der Waals surface area contributed by atoms with Gasteiger partial charge in [0.15, 0.2) is 0 Å². The van der Waals surface area contributed by atoms with E-state index in [1.807, 2.05) is 31.2 Å². The number of hydrogen-bond donors (Lipinski definition) is 1. The van der Waals surface area contributed by atoms with E-state index in [9.17, 15) is 17.8 Å². The molecule has 2 aromatic carbocycles. The maximum Gasteiger partial charge on any atom is 0.229 e. The fourth-order valence-corrected chi connectivity index (χ4v) is 3.48. The fourth-order valence-electron chi connectivity index (χ4n) is 2.42. The molecule has 8 nitrogen and oxygen atoms in total. The van der Waals surface area contributed by atoms with Crippen LogP contribution < -0.4 is 10.1 Å². The van der Waals surface area contributed by atoms with Crippen LogP contribution in [0.15, 0.2) is 53.4 Å². The second kappa shape index (κ2) is 14.9. The number of methoxy groups -OCH3 is 2. The van der Waals surface area contributed by atoms with Gasteiger partial charge in [0.1, 0.15) is 34.3 Å². The lowest BCUT2D eigenvalue weighted by Crippen LogP contribution is -2.25. The van der Waals surface area contributed by atoms with Crippen LogP contribution >= 0.6 is 0 Å². The second-order valence-corrected chi connectivity index (χ2v) is 11.2. The zero-order valence-electron chi connectivity index (χ0n) is 19.7. The molecule has 0 fully saturated rings. The molecule has 0 saturated carbocycles. The van der Waals surface area contributed by atoms with Gasteiger partial charge < -0.3 is 24.1 Å². The number of anilines is 1. The molecule has 0 aliphatic rings. The van der Waals surface area contributed by atoms with Crippen molar-refractivity contribution in [2.45, 2.75) is 24.3 Å². The molecule has 0 saturated heterocycles. The van der Waals surface area contributed by atoms with Gasteiger partial charge in [-0.1, -0.05) is 17.7 Å². The van der Waals surface area contributed by atoms with Crippen LogP contribution in [-0.2, 0) is 35.3 Å². The highest BCUT2D eigenvalue weighted by Gasteiger charge is 2.10. The van der Waals surface area contributed by atoms with Crippen molar-refractivity contribution < 1.29 is 32.0 Å². The van der Waals surface area contributed by atoms with E-state index in [1.54, 1.807) is 26.4 Å². The topological polar surface area (TPSA) is 114 Å². The maximum atomic E-state index is 11.8. The molecule has 0 radical (unpaired) electrons. The first-order valence-corrected chi connectivity index (χ1v) is 13.8. The van der Waals surface area contributed by atoms with Crippen LogP contribution in [0.5, 0.6) is 5.75 Å². The molecule has 1 unspecified atom stereocenters. The van der Waals surface area contributed by atoms with Gasteiger partial charge in [0.2, 0.25) is 5.91 Å². The summed E-state index contributed by atoms with van der Waals surface area (Å²) in [5, 5.41) is 2.89. The summed E-state index contributed by atoms with van der Waals surface area (Å²) in [4.78, 5) is 11.6. The molecule has 2 aromatic rings. The smallest absolute Gasteiger partial charge is 0.229 e. The lowest BCUT2D eigenvalue weighted by Gasteiger charge is -2.15. The summed E-state index contributed by atoms with van der Waals surface area (Å²) in [6, 6.07) is 13.1. The van der Waals surface area contributed by atoms with Crippen LogP contribution in [0.2, 0.25) is 0 Å². The third-order valence-corrected chi connectivity index (χ3v) is 6.18. The Morgan fingerprint density at radius 2 is 1.64 bits per heavy atom. The molecule has 10 heteroatoms. The van der Waals surface area contributed by atoms with Crippen LogP contribution in [-0.4, -0.2) is 70.7 Å². The molecule has 1 N–H and O–H groups in total. The van der Waals surface area contributed by atoms with Gasteiger partial charge in [0.25, 0.3) is 0 Å². The summed E-state index contributed by atoms with van der Waals surface area (Å²) < 4.78 is 47.1. The van der Waals surface area contributed by atoms with E-state index in [4.69, 9.17) is 14.2 Å². The molecular weight excluding hydrogens is 466 g/mol. The zero-order chi connectivity index (χ0) is 24.9. The average Bonchev–Trinajstić information content (AvgIpc) is 2.76. The van der Waals surface area contributed by atoms with Crippen molar-refractivity contribution in [3.8, 4) is 5.75 Å². The molecular formula is C23H33NO7S2. The van der Waals surface area contributed by atoms with Crippen LogP contribution in [0, 0.1) is 6.92 Å². The molecule has 33 heavy (non-hydrogen) atoms. The summed E-state index contributed by atoms with van der Waals surface area (Å²) in [7, 11) is -0.724. The summed E-state index contributed by atoms with van der Waals surface area (Å²) in [5.41, 5.74) is 1.71. The van der Waals surface area contributed by atoms with E-state index >= 15 is 0 Å². The molecule has 0 spiro atoms. The van der Waals surface area contributed by atoms with E-state index in [1.165, 1.54) is 12.1 Å². The van der Waals surface area contributed by atoms with Gasteiger partial charge in [-0.05, 0) is 54.2 Å². The molecule has 1 amide bonds. The fraction of sp³-hybridized carbons (Fsp3) is 0.435. The first-order valence-electron chi connectivity index (χ1n) is 10.2. The SMILES string of the molecule is COCC(COc1ccc(NC(=O)CC[S+](C)C)cc1)OC.Cc1ccc(S(=O)(=O)[O-])cc1. The van der Waals surface area contributed by atoms with Crippen molar-refractivity contribution in [1.82, 2.24) is 0 Å². The van der Waals surface area contributed by atoms with Gasteiger partial charge in [0.05, 0.1) is 30.4 Å². The van der Waals surface area contributed by atoms with Crippen molar-refractivity contribution in [1.29, 1.82) is 0 Å². The van der Waals surface area contributed by atoms with Gasteiger partial charge in [-0.25, -0.2) is 8.42 Å². The summed E-state index contributed by atoms with van der Waals surface area (Å²) in [5.74, 6) is 1.71. The van der Waals surface area contributed by atoms with Gasteiger partial charge in [-0.2, -0.15) is 0 Å². The van der Waals surface area contributed by atoms with E-state index < -0.39 is 10.1 Å². The number of hydrogen-bond acceptors (Lipinski definition) is 7. The Morgan fingerprint density at radius 3 is 2.12 bits per heavy atom. The number of carbonyl (C=O) groups excluding carboxylic acids is 1. The number of rotatable bonds is 11. The van der Waals surface area contributed by atoms with E-state index in [2.05, 4.69) is 17.8 Å². The lowest BCUT2D eigenvalue weighted by molar-refractivity contribution is -0.115. The number of benzene rings is 2. The van der Waals surface area contributed by atoms with Crippen LogP contribution in [0.3, 0.4) is 0 Å². The number of aryl methyl sites for hydroxylation is 1. The Balaban J connectivity index is 0.000000412. The zero-order valence-corrected chi connectivity index (χ0v) is 21.3. The largest absolute Gasteiger partial charge is 0.744 e. The Labute approximate surface area is 199 Å². The monoisotopic (exact) mass is 499 g/mol. The van der Waals surface area contributed by atoms with Crippen molar-refractivity contribution in [3.63, 3.8) is 0 Å². The molecule has 0 aliphatic carbocycles.